The van der Waals surface area contributed by atoms with E-state index in [4.69, 9.17) is 11.2 Å². The number of para-hydroxylation sites is 1. The maximum absolute atomic E-state index is 5.58. The van der Waals surface area contributed by atoms with E-state index in [1.165, 1.54) is 0 Å². The molecule has 1 aliphatic heterocycles. The monoisotopic (exact) mass is 296 g/mol. The van der Waals surface area contributed by atoms with Gasteiger partial charge in [-0.1, -0.05) is 24.1 Å². The highest BCUT2D eigenvalue weighted by atomic mass is 16.5. The lowest BCUT2D eigenvalue weighted by molar-refractivity contribution is 0.345. The van der Waals surface area contributed by atoms with Crippen molar-refractivity contribution in [1.29, 1.82) is 0 Å². The number of nitrogens with one attached hydrogen (secondary N) is 1. The van der Waals surface area contributed by atoms with E-state index in [0.29, 0.717) is 12.6 Å². The first kappa shape index (κ1) is 14.6. The molecule has 22 heavy (non-hydrogen) atoms. The lowest BCUT2D eigenvalue weighted by atomic mass is 10.1. The van der Waals surface area contributed by atoms with E-state index in [0.717, 1.165) is 48.9 Å². The number of fused-ring (bicyclic) bond motifs is 1. The van der Waals surface area contributed by atoms with Crippen LogP contribution in [-0.4, -0.2) is 27.4 Å². The highest BCUT2D eigenvalue weighted by Gasteiger charge is 2.20. The van der Waals surface area contributed by atoms with Crippen molar-refractivity contribution < 1.29 is 4.74 Å². The van der Waals surface area contributed by atoms with E-state index in [9.17, 15) is 0 Å². The summed E-state index contributed by atoms with van der Waals surface area (Å²) < 4.78 is 7.59. The van der Waals surface area contributed by atoms with Gasteiger partial charge in [0.1, 0.15) is 24.0 Å². The summed E-state index contributed by atoms with van der Waals surface area (Å²) in [5.41, 5.74) is 1.12. The smallest absolute Gasteiger partial charge is 0.148 e. The molecule has 0 amide bonds. The number of aryl methyl sites for hydroxylation is 2. The molecule has 1 atom stereocenters. The van der Waals surface area contributed by atoms with E-state index in [2.05, 4.69) is 27.4 Å². The van der Waals surface area contributed by atoms with Crippen LogP contribution in [0.15, 0.2) is 24.3 Å². The van der Waals surface area contributed by atoms with Crippen LogP contribution in [0.25, 0.3) is 0 Å². The Morgan fingerprint density at radius 1 is 1.45 bits per heavy atom. The SMILES string of the molecule is C#CCOc1ccccc1CNC1CCc2nc(C)nn2C1. The maximum Gasteiger partial charge on any atom is 0.148 e. The molecule has 1 aromatic carbocycles. The third-order valence-corrected chi connectivity index (χ3v) is 3.83. The molecule has 1 aliphatic rings. The average molecular weight is 296 g/mol. The lowest BCUT2D eigenvalue weighted by Gasteiger charge is -2.24. The number of rotatable bonds is 5. The second-order valence-corrected chi connectivity index (χ2v) is 5.47. The zero-order valence-electron chi connectivity index (χ0n) is 12.7. The third-order valence-electron chi connectivity index (χ3n) is 3.83. The summed E-state index contributed by atoms with van der Waals surface area (Å²) in [4.78, 5) is 4.44. The predicted molar refractivity (Wildman–Crippen MR) is 84.5 cm³/mol. The quantitative estimate of drug-likeness (QED) is 0.853. The number of benzene rings is 1. The number of terminal acetylenes is 1. The second-order valence-electron chi connectivity index (χ2n) is 5.47. The van der Waals surface area contributed by atoms with Crippen molar-refractivity contribution in [1.82, 2.24) is 20.1 Å². The molecule has 5 heteroatoms. The van der Waals surface area contributed by atoms with Crippen molar-refractivity contribution in [3.63, 3.8) is 0 Å². The van der Waals surface area contributed by atoms with Crippen molar-refractivity contribution in [3.05, 3.63) is 41.5 Å². The molecule has 0 fully saturated rings. The van der Waals surface area contributed by atoms with Gasteiger partial charge in [-0.2, -0.15) is 5.10 Å². The molecule has 3 rings (SSSR count). The first-order chi connectivity index (χ1) is 10.8. The molecule has 2 heterocycles. The Kier molecular flexibility index (Phi) is 4.40. The molecule has 0 spiro atoms. The number of aromatic nitrogens is 3. The van der Waals surface area contributed by atoms with Crippen LogP contribution in [0.2, 0.25) is 0 Å². The van der Waals surface area contributed by atoms with Gasteiger partial charge in [0, 0.05) is 24.6 Å². The molecule has 0 aliphatic carbocycles. The summed E-state index contributed by atoms with van der Waals surface area (Å²) in [7, 11) is 0. The zero-order chi connectivity index (χ0) is 15.4. The molecule has 1 unspecified atom stereocenters. The average Bonchev–Trinajstić information content (AvgIpc) is 2.91. The second kappa shape index (κ2) is 6.63. The largest absolute Gasteiger partial charge is 0.481 e. The van der Waals surface area contributed by atoms with Crippen molar-refractivity contribution in [2.45, 2.75) is 38.9 Å². The molecular weight excluding hydrogens is 276 g/mol. The van der Waals surface area contributed by atoms with Crippen LogP contribution >= 0.6 is 0 Å². The van der Waals surface area contributed by atoms with Gasteiger partial charge in [-0.05, 0) is 19.4 Å². The van der Waals surface area contributed by atoms with Crippen LogP contribution in [0, 0.1) is 19.3 Å². The fraction of sp³-hybridized carbons (Fsp3) is 0.412. The fourth-order valence-electron chi connectivity index (χ4n) is 2.76. The highest BCUT2D eigenvalue weighted by molar-refractivity contribution is 5.33. The summed E-state index contributed by atoms with van der Waals surface area (Å²) >= 11 is 0. The Balaban J connectivity index is 1.61. The van der Waals surface area contributed by atoms with Gasteiger partial charge in [0.2, 0.25) is 0 Å². The van der Waals surface area contributed by atoms with E-state index >= 15 is 0 Å². The van der Waals surface area contributed by atoms with Crippen LogP contribution in [0.1, 0.15) is 23.6 Å². The normalized spacial score (nSPS) is 16.8. The van der Waals surface area contributed by atoms with Gasteiger partial charge < -0.3 is 10.1 Å². The predicted octanol–water partition coefficient (Wildman–Crippen LogP) is 1.70. The number of nitrogens with zero attached hydrogens (tertiary/aromatic N) is 3. The van der Waals surface area contributed by atoms with Crippen molar-refractivity contribution >= 4 is 0 Å². The van der Waals surface area contributed by atoms with Crippen LogP contribution in [0.3, 0.4) is 0 Å². The number of hydrogen-bond donors (Lipinski definition) is 1. The van der Waals surface area contributed by atoms with Gasteiger partial charge in [-0.25, -0.2) is 9.67 Å². The van der Waals surface area contributed by atoms with Gasteiger partial charge in [0.25, 0.3) is 0 Å². The Bertz CT molecular complexity index is 686. The number of hydrogen-bond acceptors (Lipinski definition) is 4. The van der Waals surface area contributed by atoms with Gasteiger partial charge in [-0.15, -0.1) is 6.42 Å². The topological polar surface area (TPSA) is 52.0 Å². The Hall–Kier alpha value is -2.32. The van der Waals surface area contributed by atoms with Gasteiger partial charge in [-0.3, -0.25) is 0 Å². The van der Waals surface area contributed by atoms with E-state index < -0.39 is 0 Å². The van der Waals surface area contributed by atoms with E-state index in [1.54, 1.807) is 0 Å². The molecule has 0 radical (unpaired) electrons. The lowest BCUT2D eigenvalue weighted by Crippen LogP contribution is -2.37. The Morgan fingerprint density at radius 3 is 3.18 bits per heavy atom. The molecule has 1 aromatic heterocycles. The highest BCUT2D eigenvalue weighted by Crippen LogP contribution is 2.19. The van der Waals surface area contributed by atoms with Crippen LogP contribution in [-0.2, 0) is 19.5 Å². The minimum Gasteiger partial charge on any atom is -0.481 e. The summed E-state index contributed by atoms with van der Waals surface area (Å²) in [6.07, 6.45) is 7.30. The van der Waals surface area contributed by atoms with E-state index in [1.807, 2.05) is 29.8 Å². The molecule has 114 valence electrons. The Labute approximate surface area is 130 Å². The van der Waals surface area contributed by atoms with Gasteiger partial charge >= 0.3 is 0 Å². The first-order valence-electron chi connectivity index (χ1n) is 7.54. The molecule has 2 aromatic rings. The minimum absolute atomic E-state index is 0.294. The zero-order valence-corrected chi connectivity index (χ0v) is 12.7. The summed E-state index contributed by atoms with van der Waals surface area (Å²) in [6.45, 7) is 3.85. The fourth-order valence-corrected chi connectivity index (χ4v) is 2.76. The standard InChI is InChI=1S/C17H20N4O/c1-3-10-22-16-7-5-4-6-14(16)11-18-15-8-9-17-19-13(2)20-21(17)12-15/h1,4-7,15,18H,8-12H2,2H3. The third kappa shape index (κ3) is 3.29. The van der Waals surface area contributed by atoms with Crippen molar-refractivity contribution in [2.24, 2.45) is 0 Å². The first-order valence-corrected chi connectivity index (χ1v) is 7.54. The molecule has 0 bridgehead atoms. The number of ether oxygens (including phenoxy) is 1. The maximum atomic E-state index is 5.58. The van der Waals surface area contributed by atoms with Crippen LogP contribution in [0.4, 0.5) is 0 Å². The molecule has 0 saturated heterocycles. The van der Waals surface area contributed by atoms with Crippen LogP contribution in [0.5, 0.6) is 5.75 Å². The summed E-state index contributed by atoms with van der Waals surface area (Å²) in [5, 5.41) is 8.02. The van der Waals surface area contributed by atoms with Gasteiger partial charge in [0.05, 0.1) is 6.54 Å². The van der Waals surface area contributed by atoms with Crippen molar-refractivity contribution in [3.8, 4) is 18.1 Å². The minimum atomic E-state index is 0.294. The Morgan fingerprint density at radius 2 is 2.32 bits per heavy atom. The van der Waals surface area contributed by atoms with Crippen LogP contribution < -0.4 is 10.1 Å². The summed E-state index contributed by atoms with van der Waals surface area (Å²) in [5.74, 6) is 5.29. The van der Waals surface area contributed by atoms with Crippen molar-refractivity contribution in [2.75, 3.05) is 6.61 Å². The molecule has 5 nitrogen and oxygen atoms in total. The summed E-state index contributed by atoms with van der Waals surface area (Å²) in [6, 6.07) is 8.38. The molecule has 1 N–H and O–H groups in total. The van der Waals surface area contributed by atoms with E-state index in [-0.39, 0.29) is 0 Å². The van der Waals surface area contributed by atoms with Gasteiger partial charge in [0.15, 0.2) is 0 Å². The molecular formula is C17H20N4O. The molecule has 0 saturated carbocycles.